The van der Waals surface area contributed by atoms with E-state index in [1.807, 2.05) is 0 Å². The number of rotatable bonds is 3. The predicted molar refractivity (Wildman–Crippen MR) is 65.5 cm³/mol. The Hall–Kier alpha value is -1.89. The summed E-state index contributed by atoms with van der Waals surface area (Å²) in [4.78, 5) is 25.3. The second kappa shape index (κ2) is 4.09. The van der Waals surface area contributed by atoms with Gasteiger partial charge in [-0.3, -0.25) is 9.78 Å². The molecule has 0 saturated heterocycles. The van der Waals surface area contributed by atoms with Gasteiger partial charge in [-0.15, -0.1) is 0 Å². The van der Waals surface area contributed by atoms with Crippen molar-refractivity contribution < 1.29 is 17.6 Å². The lowest BCUT2D eigenvalue weighted by atomic mass is 10.1. The van der Waals surface area contributed by atoms with E-state index in [9.17, 15) is 18.0 Å². The highest BCUT2D eigenvalue weighted by Crippen LogP contribution is 2.15. The largest absolute Gasteiger partial charge is 0.417 e. The molecule has 1 aromatic heterocycles. The second-order valence-corrected chi connectivity index (χ2v) is 6.43. The molecule has 6 nitrogen and oxygen atoms in total. The van der Waals surface area contributed by atoms with Crippen LogP contribution in [0.25, 0.3) is 11.1 Å². The molecule has 1 N–H and O–H groups in total. The van der Waals surface area contributed by atoms with Crippen LogP contribution < -0.4 is 5.76 Å². The normalized spacial score (nSPS) is 13.7. The molecule has 2 aromatic rings. The molecule has 18 heavy (non-hydrogen) atoms. The Morgan fingerprint density at radius 1 is 1.39 bits per heavy atom. The summed E-state index contributed by atoms with van der Waals surface area (Å²) in [5, 5.41) is -1.12. The number of carbonyl (C=O) groups excluding carboxylic acids is 1. The first-order chi connectivity index (χ1) is 8.29. The fraction of sp³-hybridized carbons (Fsp3) is 0.273. The molecule has 1 atom stereocenters. The minimum Gasteiger partial charge on any atom is -0.408 e. The van der Waals surface area contributed by atoms with Crippen molar-refractivity contribution in [2.45, 2.75) is 12.2 Å². The van der Waals surface area contributed by atoms with E-state index in [2.05, 4.69) is 4.98 Å². The van der Waals surface area contributed by atoms with Crippen molar-refractivity contribution in [3.8, 4) is 0 Å². The van der Waals surface area contributed by atoms with E-state index in [0.29, 0.717) is 5.52 Å². The Morgan fingerprint density at radius 2 is 2.06 bits per heavy atom. The monoisotopic (exact) mass is 269 g/mol. The van der Waals surface area contributed by atoms with Crippen LogP contribution in [0.1, 0.15) is 17.3 Å². The van der Waals surface area contributed by atoms with E-state index >= 15 is 0 Å². The van der Waals surface area contributed by atoms with Crippen molar-refractivity contribution in [2.24, 2.45) is 0 Å². The zero-order chi connectivity index (χ0) is 13.5. The lowest BCUT2D eigenvalue weighted by molar-refractivity contribution is 0.0991. The Kier molecular flexibility index (Phi) is 2.86. The first kappa shape index (κ1) is 12.6. The number of aromatic nitrogens is 1. The van der Waals surface area contributed by atoms with Gasteiger partial charge in [-0.1, -0.05) is 0 Å². The molecule has 96 valence electrons. The molecule has 7 heteroatoms. The van der Waals surface area contributed by atoms with Gasteiger partial charge in [0, 0.05) is 11.8 Å². The zero-order valence-electron chi connectivity index (χ0n) is 9.76. The molecule has 0 radical (unpaired) electrons. The average Bonchev–Trinajstić information content (AvgIpc) is 2.64. The second-order valence-electron chi connectivity index (χ2n) is 4.06. The molecule has 0 spiro atoms. The number of hydrogen-bond acceptors (Lipinski definition) is 5. The van der Waals surface area contributed by atoms with Crippen molar-refractivity contribution in [3.05, 3.63) is 34.3 Å². The van der Waals surface area contributed by atoms with E-state index in [0.717, 1.165) is 6.26 Å². The molecule has 2 rings (SSSR count). The molecule has 0 fully saturated rings. The number of hydrogen-bond donors (Lipinski definition) is 1. The van der Waals surface area contributed by atoms with Crippen LogP contribution >= 0.6 is 0 Å². The molecular formula is C11H11NO5S. The molecule has 0 aliphatic heterocycles. The van der Waals surface area contributed by atoms with Crippen LogP contribution in [0.2, 0.25) is 0 Å². The Bertz CT molecular complexity index is 768. The average molecular weight is 269 g/mol. The number of carbonyl (C=O) groups is 1. The van der Waals surface area contributed by atoms with Crippen molar-refractivity contribution >= 4 is 26.7 Å². The molecular weight excluding hydrogens is 258 g/mol. The molecule has 0 aliphatic rings. The van der Waals surface area contributed by atoms with Crippen molar-refractivity contribution in [3.63, 3.8) is 0 Å². The van der Waals surface area contributed by atoms with Gasteiger partial charge in [0.25, 0.3) is 0 Å². The standard InChI is InChI=1S/C11H11NO5S/c1-6(18(2,15)16)10(13)7-3-4-8-9(5-7)17-11(14)12-8/h3-6H,1-2H3,(H,12,14). The summed E-state index contributed by atoms with van der Waals surface area (Å²) in [6, 6.07) is 4.32. The molecule has 1 aromatic carbocycles. The van der Waals surface area contributed by atoms with Gasteiger partial charge in [0.2, 0.25) is 0 Å². The van der Waals surface area contributed by atoms with Gasteiger partial charge in [-0.2, -0.15) is 0 Å². The number of Topliss-reactive ketones (excluding diaryl/α,β-unsaturated/α-hetero) is 1. The zero-order valence-corrected chi connectivity index (χ0v) is 10.6. The van der Waals surface area contributed by atoms with Gasteiger partial charge >= 0.3 is 5.76 Å². The first-order valence-corrected chi connectivity index (χ1v) is 7.10. The van der Waals surface area contributed by atoms with E-state index < -0.39 is 26.6 Å². The van der Waals surface area contributed by atoms with Gasteiger partial charge in [0.15, 0.2) is 21.2 Å². The van der Waals surface area contributed by atoms with Crippen LogP contribution in [0.5, 0.6) is 0 Å². The van der Waals surface area contributed by atoms with E-state index in [4.69, 9.17) is 4.42 Å². The number of aromatic amines is 1. The summed E-state index contributed by atoms with van der Waals surface area (Å²) in [6.07, 6.45) is 1.00. The van der Waals surface area contributed by atoms with Gasteiger partial charge in [0.05, 0.1) is 5.52 Å². The number of benzene rings is 1. The third kappa shape index (κ3) is 2.21. The SMILES string of the molecule is CC(C(=O)c1ccc2[nH]c(=O)oc2c1)S(C)(=O)=O. The number of oxazole rings is 1. The molecule has 1 heterocycles. The maximum absolute atomic E-state index is 11.9. The van der Waals surface area contributed by atoms with Crippen LogP contribution in [0.15, 0.2) is 27.4 Å². The minimum atomic E-state index is -3.45. The highest BCUT2D eigenvalue weighted by molar-refractivity contribution is 7.92. The van der Waals surface area contributed by atoms with Crippen LogP contribution in [0.4, 0.5) is 0 Å². The maximum atomic E-state index is 11.9. The molecule has 1 unspecified atom stereocenters. The topological polar surface area (TPSA) is 97.2 Å². The summed E-state index contributed by atoms with van der Waals surface area (Å²) >= 11 is 0. The van der Waals surface area contributed by atoms with E-state index in [1.165, 1.54) is 25.1 Å². The van der Waals surface area contributed by atoms with Crippen LogP contribution in [0, 0.1) is 0 Å². The Balaban J connectivity index is 2.48. The van der Waals surface area contributed by atoms with Gasteiger partial charge in [-0.05, 0) is 25.1 Å². The lowest BCUT2D eigenvalue weighted by Crippen LogP contribution is -2.26. The summed E-state index contributed by atoms with van der Waals surface area (Å²) in [6.45, 7) is 1.33. The fourth-order valence-corrected chi connectivity index (χ4v) is 2.05. The number of nitrogens with one attached hydrogen (secondary N) is 1. The minimum absolute atomic E-state index is 0.197. The number of fused-ring (bicyclic) bond motifs is 1. The van der Waals surface area contributed by atoms with Crippen LogP contribution in [-0.4, -0.2) is 30.7 Å². The summed E-state index contributed by atoms with van der Waals surface area (Å²) in [5.74, 6) is -1.14. The van der Waals surface area contributed by atoms with E-state index in [-0.39, 0.29) is 11.1 Å². The highest BCUT2D eigenvalue weighted by Gasteiger charge is 2.25. The highest BCUT2D eigenvalue weighted by atomic mass is 32.2. The molecule has 0 bridgehead atoms. The van der Waals surface area contributed by atoms with Crippen molar-refractivity contribution in [1.82, 2.24) is 4.98 Å². The smallest absolute Gasteiger partial charge is 0.408 e. The summed E-state index contributed by atoms with van der Waals surface area (Å²) < 4.78 is 27.4. The quantitative estimate of drug-likeness (QED) is 0.829. The fourth-order valence-electron chi connectivity index (χ4n) is 1.53. The molecule has 0 saturated carbocycles. The summed E-state index contributed by atoms with van der Waals surface area (Å²) in [5.41, 5.74) is 0.887. The maximum Gasteiger partial charge on any atom is 0.417 e. The van der Waals surface area contributed by atoms with Gasteiger partial charge < -0.3 is 4.42 Å². The van der Waals surface area contributed by atoms with Crippen LogP contribution in [-0.2, 0) is 9.84 Å². The Labute approximate surface area is 103 Å². The van der Waals surface area contributed by atoms with Gasteiger partial charge in [-0.25, -0.2) is 13.2 Å². The van der Waals surface area contributed by atoms with Crippen molar-refractivity contribution in [2.75, 3.05) is 6.26 Å². The third-order valence-corrected chi connectivity index (χ3v) is 4.22. The lowest BCUT2D eigenvalue weighted by Gasteiger charge is -2.07. The number of sulfone groups is 1. The summed E-state index contributed by atoms with van der Waals surface area (Å²) in [7, 11) is -3.45. The number of H-pyrrole nitrogens is 1. The molecule has 0 aliphatic carbocycles. The van der Waals surface area contributed by atoms with Gasteiger partial charge in [0.1, 0.15) is 5.25 Å². The number of ketones is 1. The Morgan fingerprint density at radius 3 is 2.67 bits per heavy atom. The van der Waals surface area contributed by atoms with Crippen molar-refractivity contribution in [1.29, 1.82) is 0 Å². The van der Waals surface area contributed by atoms with Crippen LogP contribution in [0.3, 0.4) is 0 Å². The first-order valence-electron chi connectivity index (χ1n) is 5.15. The predicted octanol–water partition coefficient (Wildman–Crippen LogP) is 0.737. The van der Waals surface area contributed by atoms with E-state index in [1.54, 1.807) is 0 Å². The molecule has 0 amide bonds. The third-order valence-electron chi connectivity index (χ3n) is 2.72.